The van der Waals surface area contributed by atoms with E-state index in [1.54, 1.807) is 18.3 Å². The van der Waals surface area contributed by atoms with Crippen molar-refractivity contribution in [2.75, 3.05) is 5.32 Å². The number of carbonyl (C=O) groups is 1. The molecule has 3 aromatic rings. The fraction of sp³-hybridized carbons (Fsp3) is 0.105. The molecule has 0 atom stereocenters. The molecule has 5 heteroatoms. The van der Waals surface area contributed by atoms with Gasteiger partial charge < -0.3 is 5.32 Å². The third-order valence-corrected chi connectivity index (χ3v) is 3.53. The normalized spacial score (nSPS) is 11.6. The summed E-state index contributed by atoms with van der Waals surface area (Å²) in [4.78, 5) is 16.3. The number of allylic oxidation sites excluding steroid dienone is 3. The minimum Gasteiger partial charge on any atom is -0.321 e. The van der Waals surface area contributed by atoms with E-state index in [1.807, 2.05) is 61.0 Å². The van der Waals surface area contributed by atoms with Crippen molar-refractivity contribution in [3.63, 3.8) is 0 Å². The molecule has 1 aromatic carbocycles. The number of anilines is 1. The smallest absolute Gasteiger partial charge is 0.248 e. The number of amides is 1. The maximum atomic E-state index is 11.9. The second kappa shape index (κ2) is 6.91. The number of aromatic nitrogens is 3. The fourth-order valence-corrected chi connectivity index (χ4v) is 2.40. The standard InChI is InChI=1S/C19H18N4O/c1-3-4-6-11-18(24)21-15-12-17-14(2)22-23(19(17)20-13-15)16-9-7-5-8-10-16/h3-13H,1-2H3,(H,21,24)/b4-3+,11-6+. The highest BCUT2D eigenvalue weighted by Crippen LogP contribution is 2.22. The summed E-state index contributed by atoms with van der Waals surface area (Å²) in [5.41, 5.74) is 3.23. The highest BCUT2D eigenvalue weighted by Gasteiger charge is 2.11. The van der Waals surface area contributed by atoms with Crippen LogP contribution in [0.5, 0.6) is 0 Å². The predicted molar refractivity (Wildman–Crippen MR) is 96.2 cm³/mol. The van der Waals surface area contributed by atoms with Crippen LogP contribution in [0.1, 0.15) is 12.6 Å². The maximum absolute atomic E-state index is 11.9. The number of carbonyl (C=O) groups excluding carboxylic acids is 1. The Morgan fingerprint density at radius 2 is 2.00 bits per heavy atom. The first-order chi connectivity index (χ1) is 11.7. The zero-order chi connectivity index (χ0) is 16.9. The first-order valence-corrected chi connectivity index (χ1v) is 7.70. The molecular formula is C19H18N4O. The monoisotopic (exact) mass is 318 g/mol. The Labute approximate surface area is 140 Å². The molecule has 120 valence electrons. The lowest BCUT2D eigenvalue weighted by Crippen LogP contribution is -2.08. The van der Waals surface area contributed by atoms with Crippen LogP contribution in [-0.2, 0) is 4.79 Å². The zero-order valence-electron chi connectivity index (χ0n) is 13.6. The van der Waals surface area contributed by atoms with Crippen LogP contribution >= 0.6 is 0 Å². The van der Waals surface area contributed by atoms with Gasteiger partial charge in [-0.1, -0.05) is 36.4 Å². The van der Waals surface area contributed by atoms with Crippen LogP contribution in [0.4, 0.5) is 5.69 Å². The van der Waals surface area contributed by atoms with Crippen molar-refractivity contribution < 1.29 is 4.79 Å². The number of hydrogen-bond acceptors (Lipinski definition) is 3. The van der Waals surface area contributed by atoms with Crippen molar-refractivity contribution in [1.29, 1.82) is 0 Å². The lowest BCUT2D eigenvalue weighted by molar-refractivity contribution is -0.111. The molecule has 0 unspecified atom stereocenters. The zero-order valence-corrected chi connectivity index (χ0v) is 13.6. The highest BCUT2D eigenvalue weighted by atomic mass is 16.1. The Bertz CT molecular complexity index is 923. The molecule has 0 fully saturated rings. The second-order valence-electron chi connectivity index (χ2n) is 5.30. The second-order valence-corrected chi connectivity index (χ2v) is 5.30. The summed E-state index contributed by atoms with van der Waals surface area (Å²) in [5, 5.41) is 8.28. The SMILES string of the molecule is C/C=C/C=C/C(=O)Nc1cnc2c(c1)c(C)nn2-c1ccccc1. The summed E-state index contributed by atoms with van der Waals surface area (Å²) in [7, 11) is 0. The van der Waals surface area contributed by atoms with Crippen LogP contribution in [-0.4, -0.2) is 20.7 Å². The van der Waals surface area contributed by atoms with E-state index in [2.05, 4.69) is 15.4 Å². The molecule has 0 spiro atoms. The quantitative estimate of drug-likeness (QED) is 0.588. The molecule has 0 aliphatic rings. The van der Waals surface area contributed by atoms with E-state index in [1.165, 1.54) is 6.08 Å². The molecule has 0 saturated carbocycles. The van der Waals surface area contributed by atoms with Crippen LogP contribution < -0.4 is 5.32 Å². The van der Waals surface area contributed by atoms with Gasteiger partial charge in [0.25, 0.3) is 0 Å². The molecule has 0 aliphatic carbocycles. The van der Waals surface area contributed by atoms with Gasteiger partial charge in [0.15, 0.2) is 5.65 Å². The molecule has 24 heavy (non-hydrogen) atoms. The van der Waals surface area contributed by atoms with Gasteiger partial charge in [0.2, 0.25) is 5.91 Å². The summed E-state index contributed by atoms with van der Waals surface area (Å²) in [5.74, 6) is -0.192. The first-order valence-electron chi connectivity index (χ1n) is 7.70. The average Bonchev–Trinajstić information content (AvgIpc) is 2.92. The van der Waals surface area contributed by atoms with Gasteiger partial charge in [0, 0.05) is 11.5 Å². The molecular weight excluding hydrogens is 300 g/mol. The summed E-state index contributed by atoms with van der Waals surface area (Å²) in [6.07, 6.45) is 8.47. The molecule has 0 saturated heterocycles. The molecule has 3 rings (SSSR count). The van der Waals surface area contributed by atoms with Gasteiger partial charge in [0.1, 0.15) is 0 Å². The number of pyridine rings is 1. The van der Waals surface area contributed by atoms with Gasteiger partial charge in [-0.05, 0) is 32.0 Å². The van der Waals surface area contributed by atoms with Crippen molar-refractivity contribution >= 4 is 22.6 Å². The highest BCUT2D eigenvalue weighted by molar-refractivity contribution is 6.00. The molecule has 0 aliphatic heterocycles. The van der Waals surface area contributed by atoms with Crippen molar-refractivity contribution in [3.8, 4) is 5.69 Å². The number of nitrogens with zero attached hydrogens (tertiary/aromatic N) is 3. The number of hydrogen-bond donors (Lipinski definition) is 1. The molecule has 2 aromatic heterocycles. The Kier molecular flexibility index (Phi) is 4.52. The van der Waals surface area contributed by atoms with Crippen molar-refractivity contribution in [1.82, 2.24) is 14.8 Å². The van der Waals surface area contributed by atoms with Gasteiger partial charge in [-0.2, -0.15) is 5.10 Å². The van der Waals surface area contributed by atoms with Crippen molar-refractivity contribution in [2.45, 2.75) is 13.8 Å². The largest absolute Gasteiger partial charge is 0.321 e. The summed E-state index contributed by atoms with van der Waals surface area (Å²) >= 11 is 0. The van der Waals surface area contributed by atoms with E-state index < -0.39 is 0 Å². The van der Waals surface area contributed by atoms with E-state index in [9.17, 15) is 4.79 Å². The van der Waals surface area contributed by atoms with E-state index >= 15 is 0 Å². The lowest BCUT2D eigenvalue weighted by Gasteiger charge is -2.04. The number of fused-ring (bicyclic) bond motifs is 1. The topological polar surface area (TPSA) is 59.8 Å². The molecule has 5 nitrogen and oxygen atoms in total. The van der Waals surface area contributed by atoms with E-state index in [0.29, 0.717) is 5.69 Å². The number of nitrogens with one attached hydrogen (secondary N) is 1. The Balaban J connectivity index is 1.92. The molecule has 1 N–H and O–H groups in total. The third kappa shape index (κ3) is 3.25. The minimum atomic E-state index is -0.192. The van der Waals surface area contributed by atoms with Gasteiger partial charge in [-0.15, -0.1) is 0 Å². The summed E-state index contributed by atoms with van der Waals surface area (Å²) in [6, 6.07) is 11.7. The number of benzene rings is 1. The predicted octanol–water partition coefficient (Wildman–Crippen LogP) is 3.80. The van der Waals surface area contributed by atoms with Gasteiger partial charge in [-0.3, -0.25) is 4.79 Å². The van der Waals surface area contributed by atoms with E-state index in [-0.39, 0.29) is 5.91 Å². The summed E-state index contributed by atoms with van der Waals surface area (Å²) in [6.45, 7) is 3.83. The van der Waals surface area contributed by atoms with Gasteiger partial charge in [0.05, 0.1) is 23.3 Å². The minimum absolute atomic E-state index is 0.192. The van der Waals surface area contributed by atoms with Crippen LogP contribution in [0.15, 0.2) is 66.9 Å². The Hall–Kier alpha value is -3.21. The average molecular weight is 318 g/mol. The molecule has 1 amide bonds. The van der Waals surface area contributed by atoms with Crippen molar-refractivity contribution in [3.05, 3.63) is 72.6 Å². The maximum Gasteiger partial charge on any atom is 0.248 e. The number of rotatable bonds is 4. The van der Waals surface area contributed by atoms with Crippen LogP contribution in [0.2, 0.25) is 0 Å². The van der Waals surface area contributed by atoms with Gasteiger partial charge in [-0.25, -0.2) is 9.67 Å². The third-order valence-electron chi connectivity index (χ3n) is 3.53. The fourth-order valence-electron chi connectivity index (χ4n) is 2.40. The Morgan fingerprint density at radius 1 is 1.21 bits per heavy atom. The number of para-hydroxylation sites is 1. The Morgan fingerprint density at radius 3 is 2.75 bits per heavy atom. The van der Waals surface area contributed by atoms with Crippen molar-refractivity contribution in [2.24, 2.45) is 0 Å². The van der Waals surface area contributed by atoms with E-state index in [4.69, 9.17) is 0 Å². The van der Waals surface area contributed by atoms with Crippen LogP contribution in [0, 0.1) is 6.92 Å². The number of aryl methyl sites for hydroxylation is 1. The van der Waals surface area contributed by atoms with Crippen LogP contribution in [0.25, 0.3) is 16.7 Å². The first kappa shape index (κ1) is 15.7. The molecule has 0 radical (unpaired) electrons. The van der Waals surface area contributed by atoms with Crippen LogP contribution in [0.3, 0.4) is 0 Å². The molecule has 0 bridgehead atoms. The lowest BCUT2D eigenvalue weighted by atomic mass is 10.2. The summed E-state index contributed by atoms with van der Waals surface area (Å²) < 4.78 is 1.81. The van der Waals surface area contributed by atoms with E-state index in [0.717, 1.165) is 22.4 Å². The van der Waals surface area contributed by atoms with Gasteiger partial charge >= 0.3 is 0 Å². The molecule has 2 heterocycles.